The van der Waals surface area contributed by atoms with Crippen molar-refractivity contribution in [3.63, 3.8) is 0 Å². The van der Waals surface area contributed by atoms with Crippen molar-refractivity contribution in [3.8, 4) is 5.75 Å². The number of carbonyl (C=O) groups excluding carboxylic acids is 1. The van der Waals surface area contributed by atoms with Gasteiger partial charge in [0.25, 0.3) is 0 Å². The van der Waals surface area contributed by atoms with E-state index >= 15 is 0 Å². The molecule has 0 atom stereocenters. The Morgan fingerprint density at radius 2 is 2.36 bits per heavy atom. The molecule has 2 heterocycles. The van der Waals surface area contributed by atoms with Crippen molar-refractivity contribution in [2.45, 2.75) is 6.92 Å². The molecule has 0 aliphatic heterocycles. The molecule has 72 valence electrons. The summed E-state index contributed by atoms with van der Waals surface area (Å²) >= 11 is 0. The van der Waals surface area contributed by atoms with Crippen LogP contribution in [0.4, 0.5) is 0 Å². The maximum atomic E-state index is 10.8. The van der Waals surface area contributed by atoms with E-state index in [0.717, 1.165) is 6.29 Å². The van der Waals surface area contributed by atoms with Crippen LogP contribution in [0.15, 0.2) is 18.3 Å². The van der Waals surface area contributed by atoms with Gasteiger partial charge in [-0.25, -0.2) is 4.98 Å². The Morgan fingerprint density at radius 3 is 3.00 bits per heavy atom. The van der Waals surface area contributed by atoms with E-state index < -0.39 is 0 Å². The van der Waals surface area contributed by atoms with Crippen molar-refractivity contribution in [2.75, 3.05) is 7.11 Å². The Labute approximate surface area is 81.1 Å². The maximum Gasteiger partial charge on any atom is 0.180 e. The van der Waals surface area contributed by atoms with Gasteiger partial charge in [-0.15, -0.1) is 0 Å². The number of methoxy groups -OCH3 is 1. The SMILES string of the molecule is COc1cccn2c(C=O)c(C)nc12. The van der Waals surface area contributed by atoms with Gasteiger partial charge in [-0.2, -0.15) is 0 Å². The highest BCUT2D eigenvalue weighted by atomic mass is 16.5. The molecule has 0 spiro atoms. The van der Waals surface area contributed by atoms with E-state index in [-0.39, 0.29) is 0 Å². The minimum Gasteiger partial charge on any atom is -0.493 e. The van der Waals surface area contributed by atoms with Crippen molar-refractivity contribution >= 4 is 11.9 Å². The average molecular weight is 190 g/mol. The van der Waals surface area contributed by atoms with Gasteiger partial charge < -0.3 is 4.74 Å². The van der Waals surface area contributed by atoms with Gasteiger partial charge in [-0.1, -0.05) is 0 Å². The number of aromatic nitrogens is 2. The first-order valence-corrected chi connectivity index (χ1v) is 4.24. The summed E-state index contributed by atoms with van der Waals surface area (Å²) in [6.45, 7) is 1.80. The number of nitrogens with zero attached hydrogens (tertiary/aromatic N) is 2. The van der Waals surface area contributed by atoms with Crippen molar-refractivity contribution in [1.29, 1.82) is 0 Å². The number of aryl methyl sites for hydroxylation is 1. The molecule has 0 bridgehead atoms. The predicted octanol–water partition coefficient (Wildman–Crippen LogP) is 1.46. The highest BCUT2D eigenvalue weighted by molar-refractivity contribution is 5.77. The highest BCUT2D eigenvalue weighted by Crippen LogP contribution is 2.20. The lowest BCUT2D eigenvalue weighted by atomic mass is 10.4. The first-order valence-electron chi connectivity index (χ1n) is 4.24. The zero-order valence-electron chi connectivity index (χ0n) is 8.02. The molecule has 0 aliphatic carbocycles. The number of aldehydes is 1. The van der Waals surface area contributed by atoms with Gasteiger partial charge in [0, 0.05) is 6.20 Å². The van der Waals surface area contributed by atoms with Crippen LogP contribution in [-0.2, 0) is 0 Å². The third kappa shape index (κ3) is 1.08. The smallest absolute Gasteiger partial charge is 0.180 e. The lowest BCUT2D eigenvalue weighted by molar-refractivity contribution is 0.111. The van der Waals surface area contributed by atoms with Gasteiger partial charge in [-0.3, -0.25) is 9.20 Å². The number of pyridine rings is 1. The first-order chi connectivity index (χ1) is 6.77. The van der Waals surface area contributed by atoms with Crippen LogP contribution in [0, 0.1) is 6.92 Å². The normalized spacial score (nSPS) is 10.4. The molecule has 0 saturated heterocycles. The summed E-state index contributed by atoms with van der Waals surface area (Å²) in [5, 5.41) is 0. The Balaban J connectivity index is 2.85. The Bertz CT molecular complexity index is 488. The van der Waals surface area contributed by atoms with Crippen LogP contribution in [0.1, 0.15) is 16.2 Å². The molecule has 0 radical (unpaired) electrons. The molecule has 2 aromatic heterocycles. The molecule has 0 N–H and O–H groups in total. The number of hydrogen-bond acceptors (Lipinski definition) is 3. The van der Waals surface area contributed by atoms with Crippen molar-refractivity contribution in [1.82, 2.24) is 9.38 Å². The maximum absolute atomic E-state index is 10.8. The molecular weight excluding hydrogens is 180 g/mol. The summed E-state index contributed by atoms with van der Waals surface area (Å²) in [5.74, 6) is 0.670. The van der Waals surface area contributed by atoms with Crippen LogP contribution in [0.3, 0.4) is 0 Å². The molecule has 2 rings (SSSR count). The first kappa shape index (κ1) is 8.74. The lowest BCUT2D eigenvalue weighted by Crippen LogP contribution is -1.93. The monoisotopic (exact) mass is 190 g/mol. The van der Waals surface area contributed by atoms with E-state index in [1.165, 1.54) is 0 Å². The van der Waals surface area contributed by atoms with Gasteiger partial charge in [-0.05, 0) is 19.1 Å². The molecule has 0 fully saturated rings. The second kappa shape index (κ2) is 3.14. The van der Waals surface area contributed by atoms with Crippen LogP contribution in [0.25, 0.3) is 5.65 Å². The molecule has 0 saturated carbocycles. The van der Waals surface area contributed by atoms with Gasteiger partial charge in [0.05, 0.1) is 12.8 Å². The third-order valence-electron chi connectivity index (χ3n) is 2.17. The van der Waals surface area contributed by atoms with E-state index in [1.807, 2.05) is 12.1 Å². The van der Waals surface area contributed by atoms with Crippen LogP contribution in [0.5, 0.6) is 5.75 Å². The Morgan fingerprint density at radius 1 is 1.57 bits per heavy atom. The minimum atomic E-state index is 0.568. The fraction of sp³-hybridized carbons (Fsp3) is 0.200. The largest absolute Gasteiger partial charge is 0.493 e. The molecule has 0 aromatic carbocycles. The Kier molecular flexibility index (Phi) is 1.96. The molecule has 2 aromatic rings. The quantitative estimate of drug-likeness (QED) is 0.673. The minimum absolute atomic E-state index is 0.568. The highest BCUT2D eigenvalue weighted by Gasteiger charge is 2.10. The van der Waals surface area contributed by atoms with Crippen molar-refractivity contribution in [2.24, 2.45) is 0 Å². The van der Waals surface area contributed by atoms with Crippen molar-refractivity contribution in [3.05, 3.63) is 29.7 Å². The summed E-state index contributed by atoms with van der Waals surface area (Å²) in [4.78, 5) is 15.1. The Hall–Kier alpha value is -1.84. The predicted molar refractivity (Wildman–Crippen MR) is 51.9 cm³/mol. The number of hydrogen-bond donors (Lipinski definition) is 0. The number of fused-ring (bicyclic) bond motifs is 1. The van der Waals surface area contributed by atoms with Gasteiger partial charge in [0.2, 0.25) is 0 Å². The van der Waals surface area contributed by atoms with Crippen LogP contribution < -0.4 is 4.74 Å². The summed E-state index contributed by atoms with van der Waals surface area (Å²) in [6.07, 6.45) is 2.59. The summed E-state index contributed by atoms with van der Waals surface area (Å²) in [7, 11) is 1.58. The molecule has 0 unspecified atom stereocenters. The molecule has 4 nitrogen and oxygen atoms in total. The number of imidazole rings is 1. The van der Waals surface area contributed by atoms with Gasteiger partial charge >= 0.3 is 0 Å². The van der Waals surface area contributed by atoms with E-state index in [4.69, 9.17) is 4.74 Å². The summed E-state index contributed by atoms with van der Waals surface area (Å²) in [6, 6.07) is 3.64. The van der Waals surface area contributed by atoms with Crippen LogP contribution >= 0.6 is 0 Å². The van der Waals surface area contributed by atoms with E-state index in [1.54, 1.807) is 24.6 Å². The second-order valence-electron chi connectivity index (χ2n) is 2.97. The summed E-state index contributed by atoms with van der Waals surface area (Å²) < 4.78 is 6.86. The van der Waals surface area contributed by atoms with Gasteiger partial charge in [0.1, 0.15) is 5.69 Å². The molecule has 14 heavy (non-hydrogen) atoms. The summed E-state index contributed by atoms with van der Waals surface area (Å²) in [5.41, 5.74) is 1.96. The van der Waals surface area contributed by atoms with E-state index in [2.05, 4.69) is 4.98 Å². The van der Waals surface area contributed by atoms with Crippen LogP contribution in [0.2, 0.25) is 0 Å². The average Bonchev–Trinajstić information content (AvgIpc) is 2.52. The zero-order valence-corrected chi connectivity index (χ0v) is 8.02. The molecular formula is C10H10N2O2. The third-order valence-corrected chi connectivity index (χ3v) is 2.17. The fourth-order valence-electron chi connectivity index (χ4n) is 1.48. The fourth-order valence-corrected chi connectivity index (χ4v) is 1.48. The number of ether oxygens (including phenoxy) is 1. The van der Waals surface area contributed by atoms with Gasteiger partial charge in [0.15, 0.2) is 17.7 Å². The lowest BCUT2D eigenvalue weighted by Gasteiger charge is -2.00. The number of rotatable bonds is 2. The van der Waals surface area contributed by atoms with Crippen LogP contribution in [-0.4, -0.2) is 22.8 Å². The number of carbonyl (C=O) groups is 1. The standard InChI is InChI=1S/C10H10N2O2/c1-7-8(6-13)12-5-3-4-9(14-2)10(12)11-7/h3-6H,1-2H3. The topological polar surface area (TPSA) is 43.6 Å². The molecule has 4 heteroatoms. The second-order valence-corrected chi connectivity index (χ2v) is 2.97. The molecule has 0 aliphatic rings. The van der Waals surface area contributed by atoms with E-state index in [0.29, 0.717) is 22.8 Å². The van der Waals surface area contributed by atoms with E-state index in [9.17, 15) is 4.79 Å². The van der Waals surface area contributed by atoms with Crippen molar-refractivity contribution < 1.29 is 9.53 Å². The zero-order chi connectivity index (χ0) is 10.1. The molecule has 0 amide bonds.